The van der Waals surface area contributed by atoms with Crippen LogP contribution in [0.2, 0.25) is 0 Å². The Hall–Kier alpha value is -2.49. The van der Waals surface area contributed by atoms with Gasteiger partial charge in [0.15, 0.2) is 0 Å². The molecule has 0 spiro atoms. The molecule has 2 aliphatic rings. The number of benzene rings is 1. The van der Waals surface area contributed by atoms with Crippen molar-refractivity contribution in [2.45, 2.75) is 64.3 Å². The van der Waals surface area contributed by atoms with Gasteiger partial charge >= 0.3 is 6.18 Å². The maximum absolute atomic E-state index is 13.3. The van der Waals surface area contributed by atoms with Gasteiger partial charge in [0.1, 0.15) is 0 Å². The minimum Gasteiger partial charge on any atom is -0.383 e. The third-order valence-electron chi connectivity index (χ3n) is 8.19. The van der Waals surface area contributed by atoms with E-state index in [1.807, 2.05) is 31.7 Å². The topological polar surface area (TPSA) is 48.9 Å². The van der Waals surface area contributed by atoms with Crippen LogP contribution in [0.3, 0.4) is 0 Å². The predicted molar refractivity (Wildman–Crippen MR) is 141 cm³/mol. The average molecular weight is 538 g/mol. The summed E-state index contributed by atoms with van der Waals surface area (Å²) in [6.45, 7) is 7.58. The van der Waals surface area contributed by atoms with Crippen LogP contribution in [0.4, 0.5) is 13.2 Å². The Morgan fingerprint density at radius 3 is 2.45 bits per heavy atom. The highest BCUT2D eigenvalue weighted by Crippen LogP contribution is 2.35. The van der Waals surface area contributed by atoms with E-state index < -0.39 is 31.4 Å². The molecule has 2 saturated heterocycles. The van der Waals surface area contributed by atoms with Crippen molar-refractivity contribution in [2.24, 2.45) is 0 Å². The molecule has 9 heteroatoms. The number of hydrogen-bond acceptors (Lipinski definition) is 5. The zero-order valence-electron chi connectivity index (χ0n) is 27.3. The number of piperazine rings is 1. The summed E-state index contributed by atoms with van der Waals surface area (Å²) in [4.78, 5) is 23.6. The molecule has 1 aromatic carbocycles. The highest BCUT2D eigenvalue weighted by molar-refractivity contribution is 5.96. The van der Waals surface area contributed by atoms with Crippen LogP contribution in [0.25, 0.3) is 0 Å². The number of methoxy groups -OCH3 is 1. The lowest BCUT2D eigenvalue weighted by Crippen LogP contribution is -2.62. The number of rotatable bonds is 6. The zero-order chi connectivity index (χ0) is 32.0. The molecule has 1 amide bonds. The van der Waals surface area contributed by atoms with Crippen LogP contribution in [-0.2, 0) is 10.9 Å². The van der Waals surface area contributed by atoms with Crippen molar-refractivity contribution >= 4 is 5.91 Å². The van der Waals surface area contributed by atoms with Gasteiger partial charge < -0.3 is 9.64 Å². The number of carbonyl (C=O) groups is 1. The molecule has 4 rings (SSSR count). The Balaban J connectivity index is 1.50. The second kappa shape index (κ2) is 11.3. The van der Waals surface area contributed by atoms with Gasteiger partial charge in [0, 0.05) is 57.5 Å². The van der Waals surface area contributed by atoms with Crippen LogP contribution in [0.1, 0.15) is 72.3 Å². The van der Waals surface area contributed by atoms with E-state index in [2.05, 4.69) is 16.8 Å². The fourth-order valence-electron chi connectivity index (χ4n) is 5.77. The molecular weight excluding hydrogens is 493 g/mol. The summed E-state index contributed by atoms with van der Waals surface area (Å²) in [5, 5.41) is 0. The molecule has 0 radical (unpaired) electrons. The molecule has 0 aliphatic carbocycles. The van der Waals surface area contributed by atoms with Gasteiger partial charge in [0.25, 0.3) is 5.91 Å². The second-order valence-corrected chi connectivity index (χ2v) is 10.7. The number of pyridine rings is 1. The summed E-state index contributed by atoms with van der Waals surface area (Å²) in [5.41, 5.74) is 1.32. The fraction of sp³-hybridized carbons (Fsp3) is 0.586. The van der Waals surface area contributed by atoms with Crippen molar-refractivity contribution in [3.8, 4) is 0 Å². The van der Waals surface area contributed by atoms with Crippen LogP contribution >= 0.6 is 0 Å². The number of alkyl halides is 3. The largest absolute Gasteiger partial charge is 0.416 e. The number of nitrogens with zero attached hydrogens (tertiary/aromatic N) is 4. The van der Waals surface area contributed by atoms with Gasteiger partial charge in [-0.15, -0.1) is 0 Å². The molecular formula is C29H39F3N4O2. The highest BCUT2D eigenvalue weighted by atomic mass is 19.4. The number of halogens is 3. The first-order valence-corrected chi connectivity index (χ1v) is 12.9. The molecule has 3 heterocycles. The Bertz CT molecular complexity index is 1280. The second-order valence-electron chi connectivity index (χ2n) is 10.7. The molecule has 0 N–H and O–H groups in total. The van der Waals surface area contributed by atoms with E-state index in [4.69, 9.17) is 11.6 Å². The van der Waals surface area contributed by atoms with Crippen LogP contribution in [-0.4, -0.2) is 83.5 Å². The molecule has 208 valence electrons. The van der Waals surface area contributed by atoms with Gasteiger partial charge in [-0.05, 0) is 69.9 Å². The molecule has 2 aromatic rings. The summed E-state index contributed by atoms with van der Waals surface area (Å²) in [6, 6.07) is 4.41. The number of amides is 1. The van der Waals surface area contributed by atoms with Gasteiger partial charge in [-0.25, -0.2) is 0 Å². The number of hydrogen-bond donors (Lipinski definition) is 0. The van der Waals surface area contributed by atoms with E-state index in [1.54, 1.807) is 11.1 Å². The first-order chi connectivity index (χ1) is 19.8. The summed E-state index contributed by atoms with van der Waals surface area (Å²) in [5.74, 6) is -0.0285. The molecule has 2 atom stereocenters. The van der Waals surface area contributed by atoms with Crippen molar-refractivity contribution in [2.75, 3.05) is 46.3 Å². The lowest BCUT2D eigenvalue weighted by Gasteiger charge is -2.52. The fourth-order valence-corrected chi connectivity index (χ4v) is 5.77. The van der Waals surface area contributed by atoms with Crippen LogP contribution in [0, 0.1) is 13.8 Å². The maximum atomic E-state index is 13.3. The van der Waals surface area contributed by atoms with Crippen molar-refractivity contribution in [1.82, 2.24) is 19.7 Å². The molecule has 0 bridgehead atoms. The molecule has 0 unspecified atom stereocenters. The lowest BCUT2D eigenvalue weighted by molar-refractivity contribution is -0.137. The van der Waals surface area contributed by atoms with Gasteiger partial charge in [0.05, 0.1) is 36.3 Å². The molecule has 6 nitrogen and oxygen atoms in total. The monoisotopic (exact) mass is 537 g/mol. The summed E-state index contributed by atoms with van der Waals surface area (Å²) >= 11 is 0. The van der Waals surface area contributed by atoms with Crippen LogP contribution in [0.15, 0.2) is 36.5 Å². The van der Waals surface area contributed by atoms with E-state index >= 15 is 0 Å². The van der Waals surface area contributed by atoms with Gasteiger partial charge in [-0.1, -0.05) is 12.1 Å². The number of piperidine rings is 1. The first kappa shape index (κ1) is 22.3. The Kier molecular flexibility index (Phi) is 6.65. The normalized spacial score (nSPS) is 24.6. The van der Waals surface area contributed by atoms with E-state index in [-0.39, 0.29) is 23.1 Å². The number of carbonyl (C=O) groups excluding carboxylic acids is 1. The molecule has 0 saturated carbocycles. The highest BCUT2D eigenvalue weighted by Gasteiger charge is 2.41. The number of ether oxygens (including phenoxy) is 1. The van der Waals surface area contributed by atoms with Crippen molar-refractivity contribution < 1.29 is 29.6 Å². The summed E-state index contributed by atoms with van der Waals surface area (Å²) < 4.78 is 84.3. The van der Waals surface area contributed by atoms with Gasteiger partial charge in [-0.3, -0.25) is 19.6 Å². The van der Waals surface area contributed by atoms with Crippen LogP contribution < -0.4 is 0 Å². The standard InChI is InChI=1S/C29H39F3N4O2/c1-20-10-13-33-22(3)26(20)27(37)34-14-11-28(4,12-15-34)35-16-17-36(21(2)18-35)25(19-38-5)23-6-8-24(9-7-23)29(30,31)32/h6-10,13,21,25H,11-12,14-19H2,1-5H3/t21-,25-/m0/s1/i5D3,19D2. The Labute approximate surface area is 230 Å². The van der Waals surface area contributed by atoms with Crippen molar-refractivity contribution in [3.63, 3.8) is 0 Å². The van der Waals surface area contributed by atoms with Crippen molar-refractivity contribution in [3.05, 3.63) is 64.5 Å². The first-order valence-electron chi connectivity index (χ1n) is 15.4. The Morgan fingerprint density at radius 1 is 1.18 bits per heavy atom. The van der Waals surface area contributed by atoms with Crippen LogP contribution in [0.5, 0.6) is 0 Å². The number of likely N-dealkylation sites (tertiary alicyclic amines) is 1. The molecule has 38 heavy (non-hydrogen) atoms. The SMILES string of the molecule is [2H]C([2H])([2H])OC([2H])([2H])[C@@H](c1ccc(C(F)(F)F)cc1)N1CCN(C2(C)CCN(C(=O)c3c(C)ccnc3C)CC2)C[C@@H]1C. The van der Waals surface area contributed by atoms with Crippen molar-refractivity contribution in [1.29, 1.82) is 0 Å². The minimum atomic E-state index is -4.56. The third kappa shape index (κ3) is 5.90. The van der Waals surface area contributed by atoms with E-state index in [0.717, 1.165) is 30.5 Å². The van der Waals surface area contributed by atoms with Gasteiger partial charge in [-0.2, -0.15) is 13.2 Å². The average Bonchev–Trinajstić information content (AvgIpc) is 2.88. The lowest BCUT2D eigenvalue weighted by atomic mass is 9.86. The van der Waals surface area contributed by atoms with Gasteiger partial charge in [0.2, 0.25) is 0 Å². The molecule has 1 aromatic heterocycles. The smallest absolute Gasteiger partial charge is 0.383 e. The maximum Gasteiger partial charge on any atom is 0.416 e. The summed E-state index contributed by atoms with van der Waals surface area (Å²) in [7, 11) is -3.05. The van der Waals surface area contributed by atoms with E-state index in [9.17, 15) is 18.0 Å². The number of aryl methyl sites for hydroxylation is 2. The Morgan fingerprint density at radius 2 is 1.87 bits per heavy atom. The quantitative estimate of drug-likeness (QED) is 0.513. The van der Waals surface area contributed by atoms with E-state index in [1.165, 1.54) is 12.1 Å². The minimum absolute atomic E-state index is 0.0285. The zero-order valence-corrected chi connectivity index (χ0v) is 22.3. The molecule has 2 aliphatic heterocycles. The third-order valence-corrected chi connectivity index (χ3v) is 8.19. The summed E-state index contributed by atoms with van der Waals surface area (Å²) in [6.07, 6.45) is -1.41. The number of aromatic nitrogens is 1. The van der Waals surface area contributed by atoms with E-state index in [0.29, 0.717) is 44.0 Å². The predicted octanol–water partition coefficient (Wildman–Crippen LogP) is 5.11. The molecule has 2 fully saturated rings.